The van der Waals surface area contributed by atoms with E-state index < -0.39 is 0 Å². The molecular formula is C12H7BrCl2N6. The number of hydrogen-bond acceptors (Lipinski definition) is 4. The Morgan fingerprint density at radius 2 is 1.62 bits per heavy atom. The number of hydrogen-bond donors (Lipinski definition) is 0. The Kier molecular flexibility index (Phi) is 4.05. The molecule has 9 heteroatoms. The van der Waals surface area contributed by atoms with E-state index >= 15 is 0 Å². The zero-order chi connectivity index (χ0) is 14.8. The van der Waals surface area contributed by atoms with Gasteiger partial charge in [0.25, 0.3) is 0 Å². The third-order valence-corrected chi connectivity index (χ3v) is 3.45. The zero-order valence-electron chi connectivity index (χ0n) is 10.4. The molecule has 0 aliphatic carbocycles. The third kappa shape index (κ3) is 3.15. The summed E-state index contributed by atoms with van der Waals surface area (Å²) in [6, 6.07) is 7.04. The quantitative estimate of drug-likeness (QED) is 0.464. The second-order valence-corrected chi connectivity index (χ2v) is 5.48. The minimum atomic E-state index is 0.455. The molecule has 0 saturated heterocycles. The van der Waals surface area contributed by atoms with Gasteiger partial charge in [-0.15, -0.1) is 0 Å². The van der Waals surface area contributed by atoms with Crippen LogP contribution in [0.25, 0.3) is 11.3 Å². The monoisotopic (exact) mass is 384 g/mol. The highest BCUT2D eigenvalue weighted by Crippen LogP contribution is 2.13. The van der Waals surface area contributed by atoms with Gasteiger partial charge in [0.1, 0.15) is 14.9 Å². The molecule has 0 saturated carbocycles. The molecule has 21 heavy (non-hydrogen) atoms. The predicted molar refractivity (Wildman–Crippen MR) is 83.7 cm³/mol. The summed E-state index contributed by atoms with van der Waals surface area (Å²) >= 11 is 14.6. The molecule has 4 aromatic heterocycles. The molecule has 4 heterocycles. The zero-order valence-corrected chi connectivity index (χ0v) is 13.5. The van der Waals surface area contributed by atoms with Crippen molar-refractivity contribution in [2.45, 2.75) is 0 Å². The van der Waals surface area contributed by atoms with Crippen LogP contribution in [0.1, 0.15) is 0 Å². The normalized spacial score (nSPS) is 10.6. The summed E-state index contributed by atoms with van der Waals surface area (Å²) in [6.45, 7) is 0. The maximum Gasteiger partial charge on any atom is 0.154 e. The lowest BCUT2D eigenvalue weighted by Crippen LogP contribution is -1.90. The molecule has 0 aromatic carbocycles. The second-order valence-electron chi connectivity index (χ2n) is 3.89. The van der Waals surface area contributed by atoms with Crippen LogP contribution in [-0.2, 0) is 0 Å². The first kappa shape index (κ1) is 14.2. The van der Waals surface area contributed by atoms with Gasteiger partial charge in [0.15, 0.2) is 11.3 Å². The standard InChI is InChI=1S/C6H3BrClN3.C6H4ClN3/c7-4-3-9-6-2-1-5(8)10-11(4)6;7-5-1-2-6-8-3-4-10(6)9-5/h1-3H;1-4H. The lowest BCUT2D eigenvalue weighted by Gasteiger charge is -1.92. The van der Waals surface area contributed by atoms with Crippen LogP contribution in [-0.4, -0.2) is 29.2 Å². The number of imidazole rings is 2. The van der Waals surface area contributed by atoms with Gasteiger partial charge < -0.3 is 0 Å². The number of aromatic nitrogens is 6. The molecule has 0 bridgehead atoms. The van der Waals surface area contributed by atoms with E-state index in [1.54, 1.807) is 45.8 Å². The largest absolute Gasteiger partial charge is 0.236 e. The van der Waals surface area contributed by atoms with Gasteiger partial charge in [-0.2, -0.15) is 10.2 Å². The Morgan fingerprint density at radius 3 is 2.43 bits per heavy atom. The summed E-state index contributed by atoms with van der Waals surface area (Å²) in [5, 5.41) is 8.90. The summed E-state index contributed by atoms with van der Waals surface area (Å²) in [5.74, 6) is 0. The first-order valence-electron chi connectivity index (χ1n) is 5.75. The van der Waals surface area contributed by atoms with Crippen molar-refractivity contribution in [2.75, 3.05) is 0 Å². The Balaban J connectivity index is 0.000000126. The molecule has 0 aliphatic rings. The van der Waals surface area contributed by atoms with E-state index in [0.29, 0.717) is 10.3 Å². The fourth-order valence-electron chi connectivity index (χ4n) is 1.61. The van der Waals surface area contributed by atoms with Crippen molar-refractivity contribution in [2.24, 2.45) is 0 Å². The van der Waals surface area contributed by atoms with Crippen molar-refractivity contribution in [1.29, 1.82) is 0 Å². The van der Waals surface area contributed by atoms with Gasteiger partial charge in [-0.05, 0) is 40.2 Å². The highest BCUT2D eigenvalue weighted by molar-refractivity contribution is 9.10. The first-order chi connectivity index (χ1) is 10.1. The summed E-state index contributed by atoms with van der Waals surface area (Å²) in [6.07, 6.45) is 5.11. The topological polar surface area (TPSA) is 60.4 Å². The van der Waals surface area contributed by atoms with Gasteiger partial charge in [-0.25, -0.2) is 19.0 Å². The minimum absolute atomic E-state index is 0.455. The van der Waals surface area contributed by atoms with Crippen molar-refractivity contribution in [3.8, 4) is 0 Å². The van der Waals surface area contributed by atoms with Crippen molar-refractivity contribution >= 4 is 50.4 Å². The van der Waals surface area contributed by atoms with Crippen LogP contribution in [0, 0.1) is 0 Å². The molecule has 0 spiro atoms. The molecule has 4 rings (SSSR count). The number of rotatable bonds is 0. The Hall–Kier alpha value is -1.70. The van der Waals surface area contributed by atoms with Crippen molar-refractivity contribution < 1.29 is 0 Å². The van der Waals surface area contributed by atoms with Crippen LogP contribution in [0.2, 0.25) is 10.3 Å². The summed E-state index contributed by atoms with van der Waals surface area (Å²) in [7, 11) is 0. The van der Waals surface area contributed by atoms with Crippen molar-refractivity contribution in [3.63, 3.8) is 0 Å². The third-order valence-electron chi connectivity index (χ3n) is 2.51. The summed E-state index contributed by atoms with van der Waals surface area (Å²) in [5.41, 5.74) is 1.59. The van der Waals surface area contributed by atoms with E-state index in [0.717, 1.165) is 15.9 Å². The van der Waals surface area contributed by atoms with E-state index in [2.05, 4.69) is 36.1 Å². The maximum absolute atomic E-state index is 5.67. The number of halogens is 3. The van der Waals surface area contributed by atoms with Gasteiger partial charge in [0.05, 0.1) is 6.20 Å². The fourth-order valence-corrected chi connectivity index (χ4v) is 2.26. The molecule has 4 aromatic rings. The van der Waals surface area contributed by atoms with Crippen molar-refractivity contribution in [3.05, 3.63) is 57.8 Å². The van der Waals surface area contributed by atoms with Crippen LogP contribution in [0.5, 0.6) is 0 Å². The molecule has 0 amide bonds. The fraction of sp³-hybridized carbons (Fsp3) is 0. The highest BCUT2D eigenvalue weighted by Gasteiger charge is 2.00. The Morgan fingerprint density at radius 1 is 0.905 bits per heavy atom. The van der Waals surface area contributed by atoms with Gasteiger partial charge in [-0.1, -0.05) is 23.2 Å². The molecule has 0 radical (unpaired) electrons. The molecule has 0 unspecified atom stereocenters. The van der Waals surface area contributed by atoms with Crippen LogP contribution >= 0.6 is 39.1 Å². The lowest BCUT2D eigenvalue weighted by atomic mass is 10.6. The minimum Gasteiger partial charge on any atom is -0.236 e. The van der Waals surface area contributed by atoms with Crippen LogP contribution in [0.3, 0.4) is 0 Å². The van der Waals surface area contributed by atoms with Gasteiger partial charge in [0, 0.05) is 12.4 Å². The van der Waals surface area contributed by atoms with Crippen LogP contribution in [0.15, 0.2) is 47.5 Å². The molecule has 0 fully saturated rings. The lowest BCUT2D eigenvalue weighted by molar-refractivity contribution is 0.916. The molecular weight excluding hydrogens is 379 g/mol. The number of fused-ring (bicyclic) bond motifs is 2. The Labute approximate surface area is 137 Å². The molecule has 0 N–H and O–H groups in total. The predicted octanol–water partition coefficient (Wildman–Crippen LogP) is 3.53. The van der Waals surface area contributed by atoms with Gasteiger partial charge in [-0.3, -0.25) is 0 Å². The average molecular weight is 386 g/mol. The van der Waals surface area contributed by atoms with Gasteiger partial charge in [0.2, 0.25) is 0 Å². The van der Waals surface area contributed by atoms with E-state index in [-0.39, 0.29) is 0 Å². The summed E-state index contributed by atoms with van der Waals surface area (Å²) < 4.78 is 4.06. The second kappa shape index (κ2) is 5.97. The molecule has 0 aliphatic heterocycles. The van der Waals surface area contributed by atoms with E-state index in [1.807, 2.05) is 6.07 Å². The SMILES string of the molecule is Clc1ccc2ncc(Br)n2n1.Clc1ccc2nccn2n1. The van der Waals surface area contributed by atoms with Gasteiger partial charge >= 0.3 is 0 Å². The average Bonchev–Trinajstić information content (AvgIpc) is 3.06. The van der Waals surface area contributed by atoms with Crippen LogP contribution in [0.4, 0.5) is 0 Å². The Bertz CT molecular complexity index is 903. The smallest absolute Gasteiger partial charge is 0.154 e. The van der Waals surface area contributed by atoms with E-state index in [9.17, 15) is 0 Å². The van der Waals surface area contributed by atoms with Crippen LogP contribution < -0.4 is 0 Å². The summed E-state index contributed by atoms with van der Waals surface area (Å²) in [4.78, 5) is 8.06. The molecule has 6 nitrogen and oxygen atoms in total. The van der Waals surface area contributed by atoms with E-state index in [4.69, 9.17) is 23.2 Å². The van der Waals surface area contributed by atoms with Crippen molar-refractivity contribution in [1.82, 2.24) is 29.2 Å². The molecule has 106 valence electrons. The first-order valence-corrected chi connectivity index (χ1v) is 7.30. The number of nitrogens with zero attached hydrogens (tertiary/aromatic N) is 6. The van der Waals surface area contributed by atoms with E-state index in [1.165, 1.54) is 0 Å². The highest BCUT2D eigenvalue weighted by atomic mass is 79.9. The maximum atomic E-state index is 5.67. The molecule has 0 atom stereocenters.